The molecule has 2 fully saturated rings. The van der Waals surface area contributed by atoms with E-state index in [9.17, 15) is 9.90 Å². The number of nitrogens with zero attached hydrogens (tertiary/aromatic N) is 2. The smallest absolute Gasteiger partial charge is 0.255 e. The van der Waals surface area contributed by atoms with Gasteiger partial charge in [0.2, 0.25) is 0 Å². The molecule has 3 rings (SSSR count). The Balaban J connectivity index is 1.52. The maximum absolute atomic E-state index is 13.0. The largest absolute Gasteiger partial charge is 0.379 e. The number of aryl methyl sites for hydroxylation is 1. The molecule has 26 heavy (non-hydrogen) atoms. The molecule has 1 amide bonds. The van der Waals surface area contributed by atoms with Crippen molar-refractivity contribution >= 4 is 5.91 Å². The lowest BCUT2D eigenvalue weighted by molar-refractivity contribution is -0.159. The van der Waals surface area contributed by atoms with Crippen LogP contribution in [0, 0.1) is 0 Å². The fraction of sp³-hybridized carbons (Fsp3) is 0.682. The van der Waals surface area contributed by atoms with E-state index in [1.165, 1.54) is 37.7 Å². The van der Waals surface area contributed by atoms with Crippen LogP contribution in [0.25, 0.3) is 0 Å². The minimum atomic E-state index is -1.18. The predicted molar refractivity (Wildman–Crippen MR) is 105 cm³/mol. The number of β-amino-alcohol motifs (C(OH)–C–C–N with tert-alkyl or cyclic N) is 1. The van der Waals surface area contributed by atoms with Gasteiger partial charge in [0.15, 0.2) is 5.60 Å². The first-order chi connectivity index (χ1) is 12.7. The van der Waals surface area contributed by atoms with Gasteiger partial charge in [0.1, 0.15) is 0 Å². The predicted octanol–water partition coefficient (Wildman–Crippen LogP) is 3.24. The number of benzene rings is 1. The molecule has 0 spiro atoms. The van der Waals surface area contributed by atoms with Gasteiger partial charge < -0.3 is 10.0 Å². The Bertz CT molecular complexity index is 555. The second-order valence-corrected chi connectivity index (χ2v) is 8.06. The number of rotatable bonds is 6. The normalized spacial score (nSPS) is 25.7. The number of carbonyl (C=O) groups excluding carboxylic acids is 1. The molecule has 1 N–H and O–H groups in total. The number of amides is 1. The van der Waals surface area contributed by atoms with E-state index in [2.05, 4.69) is 29.2 Å². The van der Waals surface area contributed by atoms with Crippen molar-refractivity contribution in [2.24, 2.45) is 0 Å². The second kappa shape index (κ2) is 9.52. The van der Waals surface area contributed by atoms with Crippen molar-refractivity contribution in [1.29, 1.82) is 0 Å². The lowest BCUT2D eigenvalue weighted by Gasteiger charge is -2.41. The van der Waals surface area contributed by atoms with E-state index in [-0.39, 0.29) is 5.91 Å². The topological polar surface area (TPSA) is 43.8 Å². The molecule has 1 aromatic carbocycles. The van der Waals surface area contributed by atoms with Crippen LogP contribution in [0.2, 0.25) is 0 Å². The first kappa shape index (κ1) is 19.4. The van der Waals surface area contributed by atoms with Crippen molar-refractivity contribution < 1.29 is 9.90 Å². The SMILES string of the molecule is O=C1N(CCCc2ccccc2)CCCC1(O)CN1CCCCCCC1. The number of piperidine rings is 1. The summed E-state index contributed by atoms with van der Waals surface area (Å²) in [7, 11) is 0. The highest BCUT2D eigenvalue weighted by atomic mass is 16.3. The monoisotopic (exact) mass is 358 g/mol. The summed E-state index contributed by atoms with van der Waals surface area (Å²) in [6.45, 7) is 4.08. The number of hydrogen-bond donors (Lipinski definition) is 1. The van der Waals surface area contributed by atoms with Crippen LogP contribution in [0.4, 0.5) is 0 Å². The van der Waals surface area contributed by atoms with Crippen molar-refractivity contribution in [3.05, 3.63) is 35.9 Å². The van der Waals surface area contributed by atoms with Gasteiger partial charge in [0.05, 0.1) is 0 Å². The van der Waals surface area contributed by atoms with Crippen LogP contribution in [0.5, 0.6) is 0 Å². The molecule has 0 aliphatic carbocycles. The van der Waals surface area contributed by atoms with Crippen molar-refractivity contribution in [1.82, 2.24) is 9.80 Å². The zero-order valence-corrected chi connectivity index (χ0v) is 16.0. The van der Waals surface area contributed by atoms with Crippen LogP contribution in [0.3, 0.4) is 0 Å². The standard InChI is InChI=1S/C22H34N2O2/c25-21-22(26,19-23-15-7-2-1-3-8-16-23)14-10-18-24(21)17-9-13-20-11-5-4-6-12-20/h4-6,11-12,26H,1-3,7-10,13-19H2. The summed E-state index contributed by atoms with van der Waals surface area (Å²) in [4.78, 5) is 17.2. The fourth-order valence-corrected chi connectivity index (χ4v) is 4.38. The molecule has 144 valence electrons. The molecule has 1 unspecified atom stereocenters. The van der Waals surface area contributed by atoms with Crippen LogP contribution < -0.4 is 0 Å². The van der Waals surface area contributed by atoms with Crippen molar-refractivity contribution in [3.8, 4) is 0 Å². The Morgan fingerprint density at radius 2 is 1.62 bits per heavy atom. The Kier molecular flexibility index (Phi) is 7.09. The molecule has 1 aromatic rings. The van der Waals surface area contributed by atoms with E-state index in [0.29, 0.717) is 13.0 Å². The molecule has 0 saturated carbocycles. The fourth-order valence-electron chi connectivity index (χ4n) is 4.38. The summed E-state index contributed by atoms with van der Waals surface area (Å²) in [6, 6.07) is 10.4. The first-order valence-electron chi connectivity index (χ1n) is 10.5. The van der Waals surface area contributed by atoms with E-state index in [1.807, 2.05) is 11.0 Å². The minimum absolute atomic E-state index is 0.0427. The molecule has 2 aliphatic rings. The number of hydrogen-bond acceptors (Lipinski definition) is 3. The Labute approximate surface area is 158 Å². The lowest BCUT2D eigenvalue weighted by atomic mass is 9.90. The Morgan fingerprint density at radius 3 is 2.35 bits per heavy atom. The molecule has 1 atom stereocenters. The third-order valence-corrected chi connectivity index (χ3v) is 5.87. The average Bonchev–Trinajstić information content (AvgIpc) is 2.62. The first-order valence-corrected chi connectivity index (χ1v) is 10.5. The van der Waals surface area contributed by atoms with Gasteiger partial charge in [-0.05, 0) is 57.2 Å². The summed E-state index contributed by atoms with van der Waals surface area (Å²) >= 11 is 0. The number of likely N-dealkylation sites (tertiary alicyclic amines) is 2. The Morgan fingerprint density at radius 1 is 0.923 bits per heavy atom. The van der Waals surface area contributed by atoms with Crippen LogP contribution in [0.15, 0.2) is 30.3 Å². The van der Waals surface area contributed by atoms with Gasteiger partial charge in [-0.3, -0.25) is 9.69 Å². The van der Waals surface area contributed by atoms with Gasteiger partial charge >= 0.3 is 0 Å². The molecule has 2 saturated heterocycles. The highest BCUT2D eigenvalue weighted by Crippen LogP contribution is 2.25. The molecule has 0 bridgehead atoms. The van der Waals surface area contributed by atoms with Crippen molar-refractivity contribution in [2.45, 2.75) is 63.4 Å². The van der Waals surface area contributed by atoms with E-state index in [0.717, 1.165) is 45.4 Å². The van der Waals surface area contributed by atoms with Crippen molar-refractivity contribution in [2.75, 3.05) is 32.7 Å². The van der Waals surface area contributed by atoms with Crippen LogP contribution in [-0.4, -0.2) is 59.1 Å². The molecule has 2 aliphatic heterocycles. The molecular formula is C22H34N2O2. The zero-order valence-electron chi connectivity index (χ0n) is 16.0. The molecule has 2 heterocycles. The maximum atomic E-state index is 13.0. The van der Waals surface area contributed by atoms with Gasteiger partial charge in [-0.1, -0.05) is 49.6 Å². The third-order valence-electron chi connectivity index (χ3n) is 5.87. The van der Waals surface area contributed by atoms with E-state index < -0.39 is 5.60 Å². The average molecular weight is 359 g/mol. The highest BCUT2D eigenvalue weighted by molar-refractivity contribution is 5.86. The van der Waals surface area contributed by atoms with Gasteiger partial charge in [-0.25, -0.2) is 0 Å². The van der Waals surface area contributed by atoms with E-state index >= 15 is 0 Å². The summed E-state index contributed by atoms with van der Waals surface area (Å²) in [5.74, 6) is -0.0427. The lowest BCUT2D eigenvalue weighted by Crippen LogP contribution is -2.59. The Hall–Kier alpha value is -1.39. The molecular weight excluding hydrogens is 324 g/mol. The van der Waals surface area contributed by atoms with E-state index in [4.69, 9.17) is 0 Å². The maximum Gasteiger partial charge on any atom is 0.255 e. The van der Waals surface area contributed by atoms with Gasteiger partial charge in [-0.2, -0.15) is 0 Å². The minimum Gasteiger partial charge on any atom is -0.379 e. The van der Waals surface area contributed by atoms with Crippen LogP contribution in [-0.2, 0) is 11.2 Å². The quantitative estimate of drug-likeness (QED) is 0.849. The summed E-state index contributed by atoms with van der Waals surface area (Å²) < 4.78 is 0. The van der Waals surface area contributed by atoms with Gasteiger partial charge in [0, 0.05) is 19.6 Å². The highest BCUT2D eigenvalue weighted by Gasteiger charge is 2.43. The molecule has 0 radical (unpaired) electrons. The molecule has 0 aromatic heterocycles. The number of carbonyl (C=O) groups is 1. The summed E-state index contributed by atoms with van der Waals surface area (Å²) in [5, 5.41) is 11.1. The summed E-state index contributed by atoms with van der Waals surface area (Å²) in [5.41, 5.74) is 0.136. The second-order valence-electron chi connectivity index (χ2n) is 8.06. The van der Waals surface area contributed by atoms with Crippen LogP contribution >= 0.6 is 0 Å². The zero-order chi connectivity index (χ0) is 18.2. The van der Waals surface area contributed by atoms with Gasteiger partial charge in [0.25, 0.3) is 5.91 Å². The van der Waals surface area contributed by atoms with Crippen molar-refractivity contribution in [3.63, 3.8) is 0 Å². The number of aliphatic hydroxyl groups is 1. The van der Waals surface area contributed by atoms with Crippen LogP contribution in [0.1, 0.15) is 56.9 Å². The molecule has 4 nitrogen and oxygen atoms in total. The van der Waals surface area contributed by atoms with E-state index in [1.54, 1.807) is 0 Å². The third kappa shape index (κ3) is 5.31. The van der Waals surface area contributed by atoms with Gasteiger partial charge in [-0.15, -0.1) is 0 Å². The summed E-state index contributed by atoms with van der Waals surface area (Å²) in [6.07, 6.45) is 9.69. The molecule has 4 heteroatoms.